The Morgan fingerprint density at radius 2 is 2.27 bits per heavy atom. The van der Waals surface area contributed by atoms with Gasteiger partial charge in [-0.05, 0) is 24.1 Å². The summed E-state index contributed by atoms with van der Waals surface area (Å²) in [7, 11) is 0. The molecule has 0 aliphatic carbocycles. The maximum absolute atomic E-state index is 7.55. The number of rotatable bonds is 2. The highest BCUT2D eigenvalue weighted by atomic mass is 79.9. The third-order valence-corrected chi connectivity index (χ3v) is 2.02. The van der Waals surface area contributed by atoms with Gasteiger partial charge in [0.1, 0.15) is 0 Å². The molecule has 0 bridgehead atoms. The summed E-state index contributed by atoms with van der Waals surface area (Å²) >= 11 is 3.36. The van der Waals surface area contributed by atoms with Gasteiger partial charge in [-0.15, -0.1) is 0 Å². The van der Waals surface area contributed by atoms with Crippen molar-refractivity contribution in [3.05, 3.63) is 34.3 Å². The Labute approximate surface area is 75.1 Å². The Balaban J connectivity index is 2.96. The largest absolute Gasteiger partial charge is 0.305 e. The highest BCUT2D eigenvalue weighted by molar-refractivity contribution is 9.10. The molecule has 0 atom stereocenters. The third-order valence-electron chi connectivity index (χ3n) is 1.53. The van der Waals surface area contributed by atoms with Crippen LogP contribution in [-0.2, 0) is 0 Å². The van der Waals surface area contributed by atoms with E-state index in [1.807, 2.05) is 31.2 Å². The molecule has 0 saturated heterocycles. The molecule has 11 heavy (non-hydrogen) atoms. The molecule has 0 heterocycles. The minimum atomic E-state index is 0.686. The lowest BCUT2D eigenvalue weighted by Crippen LogP contribution is -1.95. The van der Waals surface area contributed by atoms with Gasteiger partial charge in [0.25, 0.3) is 0 Å². The summed E-state index contributed by atoms with van der Waals surface area (Å²) in [6.07, 6.45) is 0.788. The van der Waals surface area contributed by atoms with Crippen LogP contribution in [0.15, 0.2) is 28.7 Å². The van der Waals surface area contributed by atoms with E-state index in [-0.39, 0.29) is 0 Å². The Kier molecular flexibility index (Phi) is 2.83. The zero-order chi connectivity index (χ0) is 8.27. The van der Waals surface area contributed by atoms with Crippen LogP contribution in [0.1, 0.15) is 18.9 Å². The van der Waals surface area contributed by atoms with Gasteiger partial charge in [-0.2, -0.15) is 0 Å². The molecule has 0 amide bonds. The van der Waals surface area contributed by atoms with Crippen molar-refractivity contribution >= 4 is 21.6 Å². The van der Waals surface area contributed by atoms with Crippen molar-refractivity contribution in [2.24, 2.45) is 0 Å². The first-order chi connectivity index (χ1) is 5.24. The normalized spacial score (nSPS) is 9.64. The fourth-order valence-corrected chi connectivity index (χ4v) is 1.28. The van der Waals surface area contributed by atoms with Gasteiger partial charge in [-0.25, -0.2) is 0 Å². The van der Waals surface area contributed by atoms with Gasteiger partial charge in [-0.3, -0.25) is 0 Å². The number of nitrogens with one attached hydrogen (secondary N) is 1. The number of hydrogen-bond donors (Lipinski definition) is 1. The smallest absolute Gasteiger partial charge is 0.0383 e. The molecular weight excluding hydrogens is 202 g/mol. The highest BCUT2D eigenvalue weighted by Gasteiger charge is 1.97. The van der Waals surface area contributed by atoms with Crippen molar-refractivity contribution < 1.29 is 0 Å². The summed E-state index contributed by atoms with van der Waals surface area (Å²) in [4.78, 5) is 0. The lowest BCUT2D eigenvalue weighted by atomic mass is 10.1. The molecule has 58 valence electrons. The van der Waals surface area contributed by atoms with E-state index in [1.165, 1.54) is 0 Å². The molecule has 0 unspecified atom stereocenters. The summed E-state index contributed by atoms with van der Waals surface area (Å²) in [5, 5.41) is 7.55. The van der Waals surface area contributed by atoms with Crippen molar-refractivity contribution in [2.75, 3.05) is 0 Å². The Morgan fingerprint density at radius 3 is 2.82 bits per heavy atom. The van der Waals surface area contributed by atoms with E-state index < -0.39 is 0 Å². The van der Waals surface area contributed by atoms with Gasteiger partial charge in [0.2, 0.25) is 0 Å². The molecule has 1 aromatic carbocycles. The minimum absolute atomic E-state index is 0.686. The molecule has 0 aliphatic rings. The van der Waals surface area contributed by atoms with Crippen molar-refractivity contribution in [3.63, 3.8) is 0 Å². The molecule has 0 fully saturated rings. The van der Waals surface area contributed by atoms with E-state index in [0.29, 0.717) is 5.71 Å². The maximum atomic E-state index is 7.55. The van der Waals surface area contributed by atoms with Gasteiger partial charge in [0.05, 0.1) is 0 Å². The average molecular weight is 212 g/mol. The van der Waals surface area contributed by atoms with Crippen LogP contribution in [0.5, 0.6) is 0 Å². The Bertz CT molecular complexity index is 268. The molecule has 0 radical (unpaired) electrons. The van der Waals surface area contributed by atoms with E-state index in [2.05, 4.69) is 15.9 Å². The van der Waals surface area contributed by atoms with Crippen LogP contribution in [0.25, 0.3) is 0 Å². The Hall–Kier alpha value is -0.630. The first kappa shape index (κ1) is 8.47. The molecule has 1 rings (SSSR count). The molecule has 0 aromatic heterocycles. The van der Waals surface area contributed by atoms with Crippen LogP contribution in [0.4, 0.5) is 0 Å². The standard InChI is InChI=1S/C9H10BrN/c1-2-9(11)7-4-3-5-8(10)6-7/h3-6,11H,2H2,1H3. The summed E-state index contributed by atoms with van der Waals surface area (Å²) in [6, 6.07) is 7.83. The zero-order valence-corrected chi connectivity index (χ0v) is 7.98. The number of halogens is 1. The minimum Gasteiger partial charge on any atom is -0.305 e. The first-order valence-electron chi connectivity index (χ1n) is 3.57. The zero-order valence-electron chi connectivity index (χ0n) is 6.39. The molecule has 0 saturated carbocycles. The predicted octanol–water partition coefficient (Wildman–Crippen LogP) is 3.23. The quantitative estimate of drug-likeness (QED) is 0.727. The van der Waals surface area contributed by atoms with Crippen LogP contribution in [0.3, 0.4) is 0 Å². The maximum Gasteiger partial charge on any atom is 0.0383 e. The molecule has 2 heteroatoms. The molecule has 0 spiro atoms. The number of hydrogen-bond acceptors (Lipinski definition) is 1. The average Bonchev–Trinajstić information content (AvgIpc) is 2.03. The van der Waals surface area contributed by atoms with Gasteiger partial charge in [0.15, 0.2) is 0 Å². The lowest BCUT2D eigenvalue weighted by Gasteiger charge is -1.99. The first-order valence-corrected chi connectivity index (χ1v) is 4.36. The van der Waals surface area contributed by atoms with Crippen LogP contribution in [0, 0.1) is 5.41 Å². The van der Waals surface area contributed by atoms with Crippen LogP contribution in [0.2, 0.25) is 0 Å². The topological polar surface area (TPSA) is 23.9 Å². The van der Waals surface area contributed by atoms with Crippen LogP contribution < -0.4 is 0 Å². The van der Waals surface area contributed by atoms with E-state index in [1.54, 1.807) is 0 Å². The van der Waals surface area contributed by atoms with E-state index >= 15 is 0 Å². The van der Waals surface area contributed by atoms with E-state index in [9.17, 15) is 0 Å². The van der Waals surface area contributed by atoms with E-state index in [4.69, 9.17) is 5.41 Å². The lowest BCUT2D eigenvalue weighted by molar-refractivity contribution is 1.24. The SMILES string of the molecule is CCC(=N)c1cccc(Br)c1. The molecule has 1 aromatic rings. The molecule has 1 N–H and O–H groups in total. The van der Waals surface area contributed by atoms with Crippen molar-refractivity contribution in [3.8, 4) is 0 Å². The number of benzene rings is 1. The van der Waals surface area contributed by atoms with Gasteiger partial charge in [0, 0.05) is 10.2 Å². The predicted molar refractivity (Wildman–Crippen MR) is 51.3 cm³/mol. The van der Waals surface area contributed by atoms with E-state index in [0.717, 1.165) is 16.5 Å². The van der Waals surface area contributed by atoms with Gasteiger partial charge in [-0.1, -0.05) is 35.0 Å². The second kappa shape index (κ2) is 3.67. The van der Waals surface area contributed by atoms with Crippen molar-refractivity contribution in [2.45, 2.75) is 13.3 Å². The summed E-state index contributed by atoms with van der Waals surface area (Å²) < 4.78 is 1.04. The van der Waals surface area contributed by atoms with Gasteiger partial charge < -0.3 is 5.41 Å². The summed E-state index contributed by atoms with van der Waals surface area (Å²) in [5.41, 5.74) is 1.69. The van der Waals surface area contributed by atoms with Crippen molar-refractivity contribution in [1.29, 1.82) is 5.41 Å². The van der Waals surface area contributed by atoms with Crippen LogP contribution >= 0.6 is 15.9 Å². The fourth-order valence-electron chi connectivity index (χ4n) is 0.880. The molecule has 1 nitrogen and oxygen atoms in total. The second-order valence-corrected chi connectivity index (χ2v) is 3.26. The van der Waals surface area contributed by atoms with Crippen molar-refractivity contribution in [1.82, 2.24) is 0 Å². The van der Waals surface area contributed by atoms with Gasteiger partial charge >= 0.3 is 0 Å². The molecule has 0 aliphatic heterocycles. The summed E-state index contributed by atoms with van der Waals surface area (Å²) in [5.74, 6) is 0. The molecular formula is C9H10BrN. The monoisotopic (exact) mass is 211 g/mol. The third kappa shape index (κ3) is 2.15. The highest BCUT2D eigenvalue weighted by Crippen LogP contribution is 2.12. The Morgan fingerprint density at radius 1 is 1.55 bits per heavy atom. The van der Waals surface area contributed by atoms with Crippen LogP contribution in [-0.4, -0.2) is 5.71 Å². The second-order valence-electron chi connectivity index (χ2n) is 2.34. The fraction of sp³-hybridized carbons (Fsp3) is 0.222. The summed E-state index contributed by atoms with van der Waals surface area (Å²) in [6.45, 7) is 1.99.